The third-order valence-corrected chi connectivity index (χ3v) is 3.66. The highest BCUT2D eigenvalue weighted by molar-refractivity contribution is 6.35. The zero-order valence-corrected chi connectivity index (χ0v) is 13.2. The molecule has 5 heteroatoms. The quantitative estimate of drug-likeness (QED) is 0.526. The Labute approximate surface area is 134 Å². The van der Waals surface area contributed by atoms with Crippen molar-refractivity contribution in [1.82, 2.24) is 0 Å². The van der Waals surface area contributed by atoms with Crippen LogP contribution in [0, 0.1) is 5.41 Å². The molecule has 0 fully saturated rings. The number of nitrogen functional groups attached to an aromatic ring is 1. The largest absolute Gasteiger partial charge is 0.399 e. The molecule has 0 saturated heterocycles. The smallest absolute Gasteiger partial charge is 0.0580 e. The summed E-state index contributed by atoms with van der Waals surface area (Å²) in [4.78, 5) is 0. The molecule has 1 unspecified atom stereocenters. The van der Waals surface area contributed by atoms with Gasteiger partial charge in [0, 0.05) is 33.6 Å². The molecule has 0 aliphatic rings. The molecular formula is C16H17Cl2N3. The lowest BCUT2D eigenvalue weighted by atomic mass is 10.0. The van der Waals surface area contributed by atoms with Crippen LogP contribution in [0.15, 0.2) is 42.5 Å². The highest BCUT2D eigenvalue weighted by Gasteiger charge is 2.16. The Morgan fingerprint density at radius 3 is 2.43 bits per heavy atom. The summed E-state index contributed by atoms with van der Waals surface area (Å²) in [5.74, 6) is 0. The second-order valence-corrected chi connectivity index (χ2v) is 5.81. The van der Waals surface area contributed by atoms with Crippen LogP contribution in [0.5, 0.6) is 0 Å². The van der Waals surface area contributed by atoms with Gasteiger partial charge in [0.25, 0.3) is 0 Å². The van der Waals surface area contributed by atoms with Crippen molar-refractivity contribution in [3.8, 4) is 0 Å². The van der Waals surface area contributed by atoms with Gasteiger partial charge in [-0.25, -0.2) is 0 Å². The molecule has 2 aromatic carbocycles. The highest BCUT2D eigenvalue weighted by atomic mass is 35.5. The van der Waals surface area contributed by atoms with E-state index in [0.29, 0.717) is 27.9 Å². The van der Waals surface area contributed by atoms with Gasteiger partial charge < -0.3 is 16.5 Å². The lowest BCUT2D eigenvalue weighted by molar-refractivity contribution is 0.817. The molecule has 2 aromatic rings. The Morgan fingerprint density at radius 1 is 1.19 bits per heavy atom. The summed E-state index contributed by atoms with van der Waals surface area (Å²) in [5, 5.41) is 12.3. The second kappa shape index (κ2) is 6.83. The van der Waals surface area contributed by atoms with Crippen LogP contribution in [0.4, 0.5) is 11.4 Å². The third kappa shape index (κ3) is 4.38. The molecule has 110 valence electrons. The van der Waals surface area contributed by atoms with Crippen molar-refractivity contribution in [3.63, 3.8) is 0 Å². The van der Waals surface area contributed by atoms with E-state index in [2.05, 4.69) is 5.32 Å². The SMILES string of the molecule is CC(=N)CC(Nc1ccc(N)cc1)c1ccc(Cl)cc1Cl. The standard InChI is InChI=1S/C16H17Cl2N3/c1-10(19)8-16(14-7-2-11(17)9-15(14)18)21-13-5-3-12(20)4-6-13/h2-7,9,16,19,21H,8,20H2,1H3. The van der Waals surface area contributed by atoms with Crippen LogP contribution in [-0.4, -0.2) is 5.71 Å². The predicted octanol–water partition coefficient (Wildman–Crippen LogP) is 5.16. The van der Waals surface area contributed by atoms with Gasteiger partial charge in [0.2, 0.25) is 0 Å². The van der Waals surface area contributed by atoms with Crippen LogP contribution in [0.2, 0.25) is 10.0 Å². The number of nitrogens with two attached hydrogens (primary N) is 1. The molecule has 0 bridgehead atoms. The minimum Gasteiger partial charge on any atom is -0.399 e. The van der Waals surface area contributed by atoms with Crippen molar-refractivity contribution in [3.05, 3.63) is 58.1 Å². The fourth-order valence-electron chi connectivity index (χ4n) is 2.11. The van der Waals surface area contributed by atoms with Gasteiger partial charge in [0.1, 0.15) is 0 Å². The van der Waals surface area contributed by atoms with Crippen molar-refractivity contribution in [2.75, 3.05) is 11.1 Å². The van der Waals surface area contributed by atoms with Crippen LogP contribution >= 0.6 is 23.2 Å². The molecule has 0 spiro atoms. The Kier molecular flexibility index (Phi) is 5.10. The molecule has 21 heavy (non-hydrogen) atoms. The minimum atomic E-state index is -0.0871. The van der Waals surface area contributed by atoms with Gasteiger partial charge in [-0.3, -0.25) is 0 Å². The maximum atomic E-state index is 7.76. The van der Waals surface area contributed by atoms with Gasteiger partial charge in [0.05, 0.1) is 6.04 Å². The first-order chi connectivity index (χ1) is 9.95. The van der Waals surface area contributed by atoms with E-state index in [1.165, 1.54) is 0 Å². The molecule has 0 saturated carbocycles. The molecule has 3 nitrogen and oxygen atoms in total. The maximum absolute atomic E-state index is 7.76. The van der Waals surface area contributed by atoms with Crippen LogP contribution in [0.25, 0.3) is 0 Å². The topological polar surface area (TPSA) is 61.9 Å². The summed E-state index contributed by atoms with van der Waals surface area (Å²) in [6, 6.07) is 12.8. The van der Waals surface area contributed by atoms with Crippen molar-refractivity contribution >= 4 is 40.3 Å². The molecule has 0 heterocycles. The van der Waals surface area contributed by atoms with E-state index in [4.69, 9.17) is 34.3 Å². The van der Waals surface area contributed by atoms with E-state index in [9.17, 15) is 0 Å². The molecule has 1 atom stereocenters. The highest BCUT2D eigenvalue weighted by Crippen LogP contribution is 2.31. The van der Waals surface area contributed by atoms with Crippen LogP contribution in [-0.2, 0) is 0 Å². The molecule has 0 aromatic heterocycles. The van der Waals surface area contributed by atoms with E-state index in [1.807, 2.05) is 30.3 Å². The summed E-state index contributed by atoms with van der Waals surface area (Å²) < 4.78 is 0. The van der Waals surface area contributed by atoms with Gasteiger partial charge in [-0.05, 0) is 48.9 Å². The fourth-order valence-corrected chi connectivity index (χ4v) is 2.65. The van der Waals surface area contributed by atoms with E-state index in [-0.39, 0.29) is 6.04 Å². The van der Waals surface area contributed by atoms with Crippen LogP contribution in [0.3, 0.4) is 0 Å². The van der Waals surface area contributed by atoms with E-state index >= 15 is 0 Å². The summed E-state index contributed by atoms with van der Waals surface area (Å²) in [6.07, 6.45) is 0.561. The van der Waals surface area contributed by atoms with Crippen molar-refractivity contribution in [2.45, 2.75) is 19.4 Å². The summed E-state index contributed by atoms with van der Waals surface area (Å²) in [5.41, 5.74) is 8.84. The maximum Gasteiger partial charge on any atom is 0.0580 e. The number of halogens is 2. The number of anilines is 2. The summed E-state index contributed by atoms with van der Waals surface area (Å²) in [6.45, 7) is 1.78. The number of benzene rings is 2. The van der Waals surface area contributed by atoms with Gasteiger partial charge in [-0.2, -0.15) is 0 Å². The molecule has 0 radical (unpaired) electrons. The lowest BCUT2D eigenvalue weighted by Crippen LogP contribution is -2.14. The fraction of sp³-hybridized carbons (Fsp3) is 0.188. The van der Waals surface area contributed by atoms with Crippen LogP contribution in [0.1, 0.15) is 24.9 Å². The second-order valence-electron chi connectivity index (χ2n) is 4.97. The van der Waals surface area contributed by atoms with Crippen molar-refractivity contribution in [1.29, 1.82) is 5.41 Å². The molecule has 0 amide bonds. The number of hydrogen-bond acceptors (Lipinski definition) is 3. The zero-order chi connectivity index (χ0) is 15.4. The third-order valence-electron chi connectivity index (χ3n) is 3.10. The first-order valence-electron chi connectivity index (χ1n) is 6.57. The van der Waals surface area contributed by atoms with Crippen molar-refractivity contribution in [2.24, 2.45) is 0 Å². The van der Waals surface area contributed by atoms with Crippen molar-refractivity contribution < 1.29 is 0 Å². The predicted molar refractivity (Wildman–Crippen MR) is 91.7 cm³/mol. The zero-order valence-electron chi connectivity index (χ0n) is 11.7. The van der Waals surface area contributed by atoms with Crippen LogP contribution < -0.4 is 11.1 Å². The van der Waals surface area contributed by atoms with Gasteiger partial charge in [-0.15, -0.1) is 0 Å². The Bertz CT molecular complexity index is 638. The monoisotopic (exact) mass is 321 g/mol. The number of rotatable bonds is 5. The van der Waals surface area contributed by atoms with E-state index < -0.39 is 0 Å². The average molecular weight is 322 g/mol. The molecule has 0 aliphatic heterocycles. The Balaban J connectivity index is 2.29. The number of hydrogen-bond donors (Lipinski definition) is 3. The Morgan fingerprint density at radius 2 is 1.86 bits per heavy atom. The minimum absolute atomic E-state index is 0.0871. The first-order valence-corrected chi connectivity index (χ1v) is 7.32. The molecule has 2 rings (SSSR count). The van der Waals surface area contributed by atoms with Gasteiger partial charge in [0.15, 0.2) is 0 Å². The normalized spacial score (nSPS) is 12.0. The van der Waals surface area contributed by atoms with Gasteiger partial charge in [-0.1, -0.05) is 29.3 Å². The first kappa shape index (κ1) is 15.7. The van der Waals surface area contributed by atoms with E-state index in [0.717, 1.165) is 11.3 Å². The molecule has 4 N–H and O–H groups in total. The van der Waals surface area contributed by atoms with E-state index in [1.54, 1.807) is 19.1 Å². The lowest BCUT2D eigenvalue weighted by Gasteiger charge is -2.21. The average Bonchev–Trinajstić information content (AvgIpc) is 2.40. The molecular weight excluding hydrogens is 305 g/mol. The molecule has 0 aliphatic carbocycles. The Hall–Kier alpha value is -1.71. The number of nitrogens with one attached hydrogen (secondary N) is 2. The summed E-state index contributed by atoms with van der Waals surface area (Å²) >= 11 is 12.2. The summed E-state index contributed by atoms with van der Waals surface area (Å²) in [7, 11) is 0. The van der Waals surface area contributed by atoms with Gasteiger partial charge >= 0.3 is 0 Å².